The maximum absolute atomic E-state index is 13.0. The standard InChI is InChI=1S/C18H22N2O/c1-12-7-8-17-15(10-12)16(11-13(2)19-17)18(21)20-9-5-4-6-14(20)3/h7-8,10-11,14H,4-6,9H2,1-3H3. The van der Waals surface area contributed by atoms with Gasteiger partial charge in [-0.3, -0.25) is 9.78 Å². The first kappa shape index (κ1) is 14.1. The predicted molar refractivity (Wildman–Crippen MR) is 85.6 cm³/mol. The van der Waals surface area contributed by atoms with Gasteiger partial charge in [0.25, 0.3) is 5.91 Å². The fraction of sp³-hybridized carbons (Fsp3) is 0.444. The Morgan fingerprint density at radius 2 is 2.05 bits per heavy atom. The Bertz CT molecular complexity index is 693. The minimum Gasteiger partial charge on any atom is -0.336 e. The van der Waals surface area contributed by atoms with E-state index in [9.17, 15) is 4.79 Å². The van der Waals surface area contributed by atoms with Gasteiger partial charge in [-0.1, -0.05) is 11.6 Å². The smallest absolute Gasteiger partial charge is 0.254 e. The van der Waals surface area contributed by atoms with Crippen LogP contribution in [0.3, 0.4) is 0 Å². The monoisotopic (exact) mass is 282 g/mol. The molecule has 2 heterocycles. The summed E-state index contributed by atoms with van der Waals surface area (Å²) in [6, 6.07) is 8.40. The molecule has 1 unspecified atom stereocenters. The number of carbonyl (C=O) groups is 1. The molecule has 1 aliphatic rings. The lowest BCUT2D eigenvalue weighted by Gasteiger charge is -2.33. The van der Waals surface area contributed by atoms with Gasteiger partial charge in [0.1, 0.15) is 0 Å². The van der Waals surface area contributed by atoms with Crippen molar-refractivity contribution < 1.29 is 4.79 Å². The molecular formula is C18H22N2O. The molecular weight excluding hydrogens is 260 g/mol. The lowest BCUT2D eigenvalue weighted by atomic mass is 10.00. The summed E-state index contributed by atoms with van der Waals surface area (Å²) in [5, 5.41) is 0.975. The predicted octanol–water partition coefficient (Wildman–Crippen LogP) is 3.87. The molecule has 1 aromatic heterocycles. The Kier molecular flexibility index (Phi) is 3.66. The molecule has 110 valence electrons. The van der Waals surface area contributed by atoms with Crippen LogP contribution >= 0.6 is 0 Å². The van der Waals surface area contributed by atoms with Crippen LogP contribution in [-0.2, 0) is 0 Å². The highest BCUT2D eigenvalue weighted by Gasteiger charge is 2.25. The molecule has 0 N–H and O–H groups in total. The number of aromatic nitrogens is 1. The van der Waals surface area contributed by atoms with Crippen molar-refractivity contribution in [2.24, 2.45) is 0 Å². The van der Waals surface area contributed by atoms with Crippen LogP contribution < -0.4 is 0 Å². The van der Waals surface area contributed by atoms with Gasteiger partial charge in [-0.15, -0.1) is 0 Å². The number of hydrogen-bond donors (Lipinski definition) is 0. The first-order chi connectivity index (χ1) is 10.1. The molecule has 0 saturated carbocycles. The van der Waals surface area contributed by atoms with Crippen molar-refractivity contribution >= 4 is 16.8 Å². The number of pyridine rings is 1. The quantitative estimate of drug-likeness (QED) is 0.795. The van der Waals surface area contributed by atoms with Gasteiger partial charge in [-0.25, -0.2) is 0 Å². The summed E-state index contributed by atoms with van der Waals surface area (Å²) in [7, 11) is 0. The molecule has 2 aromatic rings. The van der Waals surface area contributed by atoms with E-state index in [1.807, 2.05) is 30.0 Å². The van der Waals surface area contributed by atoms with E-state index in [1.54, 1.807) is 0 Å². The number of amides is 1. The summed E-state index contributed by atoms with van der Waals surface area (Å²) < 4.78 is 0. The van der Waals surface area contributed by atoms with Gasteiger partial charge in [0.15, 0.2) is 0 Å². The van der Waals surface area contributed by atoms with E-state index in [2.05, 4.69) is 24.9 Å². The second kappa shape index (κ2) is 5.47. The zero-order valence-corrected chi connectivity index (χ0v) is 13.0. The van der Waals surface area contributed by atoms with E-state index < -0.39 is 0 Å². The van der Waals surface area contributed by atoms with Gasteiger partial charge in [0, 0.05) is 23.7 Å². The maximum atomic E-state index is 13.0. The number of aryl methyl sites for hydroxylation is 2. The van der Waals surface area contributed by atoms with Crippen LogP contribution in [0.5, 0.6) is 0 Å². The average Bonchev–Trinajstić information content (AvgIpc) is 2.47. The number of fused-ring (bicyclic) bond motifs is 1. The molecule has 3 heteroatoms. The number of nitrogens with zero attached hydrogens (tertiary/aromatic N) is 2. The first-order valence-electron chi connectivity index (χ1n) is 7.75. The number of rotatable bonds is 1. The minimum absolute atomic E-state index is 0.156. The van der Waals surface area contributed by atoms with Crippen molar-refractivity contribution in [1.29, 1.82) is 0 Å². The van der Waals surface area contributed by atoms with Crippen LogP contribution in [0.1, 0.15) is 47.8 Å². The normalized spacial score (nSPS) is 19.0. The molecule has 0 radical (unpaired) electrons. The zero-order chi connectivity index (χ0) is 15.0. The molecule has 3 nitrogen and oxygen atoms in total. The molecule has 0 spiro atoms. The second-order valence-corrected chi connectivity index (χ2v) is 6.18. The van der Waals surface area contributed by atoms with Crippen molar-refractivity contribution in [2.75, 3.05) is 6.54 Å². The van der Waals surface area contributed by atoms with Crippen LogP contribution in [0.15, 0.2) is 24.3 Å². The van der Waals surface area contributed by atoms with E-state index in [0.717, 1.165) is 47.1 Å². The molecule has 1 atom stereocenters. The Balaban J connectivity index is 2.10. The average molecular weight is 282 g/mol. The number of likely N-dealkylation sites (tertiary alicyclic amines) is 1. The Morgan fingerprint density at radius 3 is 2.81 bits per heavy atom. The third-order valence-corrected chi connectivity index (χ3v) is 4.39. The summed E-state index contributed by atoms with van der Waals surface area (Å²) in [6.45, 7) is 7.03. The van der Waals surface area contributed by atoms with Crippen molar-refractivity contribution in [2.45, 2.75) is 46.1 Å². The molecule has 1 fully saturated rings. The summed E-state index contributed by atoms with van der Waals surface area (Å²) >= 11 is 0. The summed E-state index contributed by atoms with van der Waals surface area (Å²) in [4.78, 5) is 19.6. The molecule has 1 amide bonds. The van der Waals surface area contributed by atoms with E-state index in [-0.39, 0.29) is 5.91 Å². The fourth-order valence-electron chi connectivity index (χ4n) is 3.20. The molecule has 1 saturated heterocycles. The molecule has 1 aliphatic heterocycles. The van der Waals surface area contributed by atoms with E-state index in [4.69, 9.17) is 0 Å². The van der Waals surface area contributed by atoms with Crippen LogP contribution in [0.4, 0.5) is 0 Å². The van der Waals surface area contributed by atoms with Gasteiger partial charge in [-0.05, 0) is 58.2 Å². The summed E-state index contributed by atoms with van der Waals surface area (Å²) in [5.74, 6) is 0.156. The third kappa shape index (κ3) is 2.65. The Morgan fingerprint density at radius 1 is 1.24 bits per heavy atom. The van der Waals surface area contributed by atoms with Crippen molar-refractivity contribution in [3.8, 4) is 0 Å². The third-order valence-electron chi connectivity index (χ3n) is 4.39. The number of carbonyl (C=O) groups excluding carboxylic acids is 1. The van der Waals surface area contributed by atoms with Crippen molar-refractivity contribution in [3.63, 3.8) is 0 Å². The fourth-order valence-corrected chi connectivity index (χ4v) is 3.20. The van der Waals surface area contributed by atoms with Gasteiger partial charge < -0.3 is 4.90 Å². The lowest BCUT2D eigenvalue weighted by Crippen LogP contribution is -2.42. The lowest BCUT2D eigenvalue weighted by molar-refractivity contribution is 0.0637. The number of hydrogen-bond acceptors (Lipinski definition) is 2. The van der Waals surface area contributed by atoms with Gasteiger partial charge in [-0.2, -0.15) is 0 Å². The molecule has 1 aromatic carbocycles. The van der Waals surface area contributed by atoms with E-state index >= 15 is 0 Å². The van der Waals surface area contributed by atoms with Gasteiger partial charge in [0.2, 0.25) is 0 Å². The molecule has 0 bridgehead atoms. The Hall–Kier alpha value is -1.90. The van der Waals surface area contributed by atoms with Crippen LogP contribution in [0.25, 0.3) is 10.9 Å². The maximum Gasteiger partial charge on any atom is 0.254 e. The molecule has 3 rings (SSSR count). The Labute approximate surface area is 126 Å². The van der Waals surface area contributed by atoms with E-state index in [1.165, 1.54) is 6.42 Å². The largest absolute Gasteiger partial charge is 0.336 e. The summed E-state index contributed by atoms with van der Waals surface area (Å²) in [6.07, 6.45) is 3.43. The molecule has 21 heavy (non-hydrogen) atoms. The summed E-state index contributed by atoms with van der Waals surface area (Å²) in [5.41, 5.74) is 3.77. The van der Waals surface area contributed by atoms with E-state index in [0.29, 0.717) is 6.04 Å². The SMILES string of the molecule is Cc1ccc2nc(C)cc(C(=O)N3CCCCC3C)c2c1. The van der Waals surface area contributed by atoms with Crippen molar-refractivity contribution in [1.82, 2.24) is 9.88 Å². The zero-order valence-electron chi connectivity index (χ0n) is 13.0. The van der Waals surface area contributed by atoms with Gasteiger partial charge >= 0.3 is 0 Å². The molecule has 0 aliphatic carbocycles. The number of benzene rings is 1. The number of piperidine rings is 1. The first-order valence-corrected chi connectivity index (χ1v) is 7.75. The van der Waals surface area contributed by atoms with Crippen LogP contribution in [0, 0.1) is 13.8 Å². The minimum atomic E-state index is 0.156. The highest BCUT2D eigenvalue weighted by atomic mass is 16.2. The van der Waals surface area contributed by atoms with Crippen LogP contribution in [-0.4, -0.2) is 28.4 Å². The second-order valence-electron chi connectivity index (χ2n) is 6.18. The van der Waals surface area contributed by atoms with Crippen molar-refractivity contribution in [3.05, 3.63) is 41.1 Å². The topological polar surface area (TPSA) is 33.2 Å². The highest BCUT2D eigenvalue weighted by Crippen LogP contribution is 2.25. The van der Waals surface area contributed by atoms with Gasteiger partial charge in [0.05, 0.1) is 11.1 Å². The van der Waals surface area contributed by atoms with Crippen LogP contribution in [0.2, 0.25) is 0 Å². The highest BCUT2D eigenvalue weighted by molar-refractivity contribution is 6.06.